The van der Waals surface area contributed by atoms with E-state index >= 15 is 0 Å². The van der Waals surface area contributed by atoms with Gasteiger partial charge in [-0.15, -0.1) is 0 Å². The molecule has 0 radical (unpaired) electrons. The van der Waals surface area contributed by atoms with Gasteiger partial charge in [-0.2, -0.15) is 0 Å². The van der Waals surface area contributed by atoms with Crippen LogP contribution in [0.1, 0.15) is 34.5 Å². The van der Waals surface area contributed by atoms with Crippen molar-refractivity contribution < 1.29 is 14.3 Å². The average Bonchev–Trinajstić information content (AvgIpc) is 3.27. The van der Waals surface area contributed by atoms with E-state index in [9.17, 15) is 14.4 Å². The van der Waals surface area contributed by atoms with Gasteiger partial charge in [-0.1, -0.05) is 25.1 Å². The number of aromatic nitrogens is 2. The minimum Gasteiger partial charge on any atom is -0.469 e. The van der Waals surface area contributed by atoms with Crippen molar-refractivity contribution >= 4 is 17.6 Å². The van der Waals surface area contributed by atoms with E-state index in [4.69, 9.17) is 0 Å². The number of ether oxygens (including phenoxy) is 1. The second-order valence-corrected chi connectivity index (χ2v) is 7.13. The minimum absolute atomic E-state index is 0.0120. The molecule has 2 aromatic carbocycles. The summed E-state index contributed by atoms with van der Waals surface area (Å²) in [6.45, 7) is 2.76. The van der Waals surface area contributed by atoms with E-state index in [0.717, 1.165) is 5.69 Å². The quantitative estimate of drug-likeness (QED) is 0.693. The number of benzene rings is 2. The van der Waals surface area contributed by atoms with E-state index in [-0.39, 0.29) is 17.9 Å². The molecule has 0 saturated heterocycles. The molecule has 29 heavy (non-hydrogen) atoms. The van der Waals surface area contributed by atoms with Crippen molar-refractivity contribution in [3.63, 3.8) is 0 Å². The van der Waals surface area contributed by atoms with Crippen LogP contribution in [0.5, 0.6) is 0 Å². The number of aromatic amines is 1. The Morgan fingerprint density at radius 1 is 1.14 bits per heavy atom. The molecular weight excluding hydrogens is 370 g/mol. The van der Waals surface area contributed by atoms with Crippen LogP contribution in [0.15, 0.2) is 59.4 Å². The Bertz CT molecular complexity index is 1130. The normalized spacial score (nSPS) is 15.2. The number of fused-ring (bicyclic) bond motifs is 1. The molecule has 0 spiro atoms. The average molecular weight is 391 g/mol. The second-order valence-electron chi connectivity index (χ2n) is 7.13. The van der Waals surface area contributed by atoms with Gasteiger partial charge in [0, 0.05) is 35.5 Å². The summed E-state index contributed by atoms with van der Waals surface area (Å²) in [7, 11) is 1.30. The third-order valence-corrected chi connectivity index (χ3v) is 5.17. The van der Waals surface area contributed by atoms with Gasteiger partial charge in [0.1, 0.15) is 0 Å². The number of carbonyl (C=O) groups excluding carboxylic acids is 2. The van der Waals surface area contributed by atoms with Crippen LogP contribution in [-0.4, -0.2) is 35.3 Å². The van der Waals surface area contributed by atoms with Gasteiger partial charge in [-0.05, 0) is 35.9 Å². The summed E-state index contributed by atoms with van der Waals surface area (Å²) in [5.74, 6) is -0.210. The van der Waals surface area contributed by atoms with Gasteiger partial charge in [0.15, 0.2) is 0 Å². The topological polar surface area (TPSA) is 84.4 Å². The first-order valence-corrected chi connectivity index (χ1v) is 9.37. The van der Waals surface area contributed by atoms with Crippen molar-refractivity contribution in [2.45, 2.75) is 19.3 Å². The van der Waals surface area contributed by atoms with E-state index < -0.39 is 5.97 Å². The van der Waals surface area contributed by atoms with E-state index in [2.05, 4.69) is 22.8 Å². The SMILES string of the molecule is COC(=O)Cc1cc(=O)n(-c2ccc(C(=O)N3CC(C)c4ccccc43)cc2)[nH]1. The van der Waals surface area contributed by atoms with Crippen LogP contribution < -0.4 is 10.5 Å². The number of amides is 1. The third kappa shape index (κ3) is 3.47. The zero-order valence-electron chi connectivity index (χ0n) is 16.2. The van der Waals surface area contributed by atoms with Crippen LogP contribution in [0.2, 0.25) is 0 Å². The second kappa shape index (κ2) is 7.43. The number of nitrogens with zero attached hydrogens (tertiary/aromatic N) is 2. The Hall–Kier alpha value is -3.61. The van der Waals surface area contributed by atoms with Gasteiger partial charge in [0.2, 0.25) is 0 Å². The molecule has 3 aromatic rings. The highest BCUT2D eigenvalue weighted by Gasteiger charge is 2.29. The Morgan fingerprint density at radius 2 is 1.86 bits per heavy atom. The van der Waals surface area contributed by atoms with E-state index in [1.165, 1.54) is 23.4 Å². The highest BCUT2D eigenvalue weighted by atomic mass is 16.5. The third-order valence-electron chi connectivity index (χ3n) is 5.17. The van der Waals surface area contributed by atoms with E-state index in [0.29, 0.717) is 29.4 Å². The molecule has 1 aliphatic heterocycles. The Morgan fingerprint density at radius 3 is 2.59 bits per heavy atom. The maximum absolute atomic E-state index is 13.0. The lowest BCUT2D eigenvalue weighted by molar-refractivity contribution is -0.139. The highest BCUT2D eigenvalue weighted by molar-refractivity contribution is 6.07. The molecule has 0 bridgehead atoms. The zero-order valence-corrected chi connectivity index (χ0v) is 16.2. The van der Waals surface area contributed by atoms with E-state index in [1.54, 1.807) is 29.2 Å². The monoisotopic (exact) mass is 391 g/mol. The van der Waals surface area contributed by atoms with Gasteiger partial charge in [0.05, 0.1) is 19.2 Å². The number of methoxy groups -OCH3 is 1. The summed E-state index contributed by atoms with van der Waals surface area (Å²) in [5, 5.41) is 2.89. The molecule has 0 saturated carbocycles. The molecule has 1 unspecified atom stereocenters. The molecule has 4 rings (SSSR count). The standard InChI is InChI=1S/C22H21N3O4/c1-14-13-24(19-6-4-3-5-18(14)19)22(28)15-7-9-17(10-8-15)25-20(26)11-16(23-25)12-21(27)29-2/h3-11,14,23H,12-13H2,1-2H3. The predicted octanol–water partition coefficient (Wildman–Crippen LogP) is 2.65. The summed E-state index contributed by atoms with van der Waals surface area (Å²) in [5.41, 5.74) is 3.43. The Balaban J connectivity index is 1.57. The summed E-state index contributed by atoms with van der Waals surface area (Å²) < 4.78 is 5.95. The van der Waals surface area contributed by atoms with E-state index in [1.807, 2.05) is 18.2 Å². The van der Waals surface area contributed by atoms with Gasteiger partial charge < -0.3 is 9.64 Å². The lowest BCUT2D eigenvalue weighted by Crippen LogP contribution is -2.29. The first-order valence-electron chi connectivity index (χ1n) is 9.37. The molecule has 0 fully saturated rings. The molecule has 1 aromatic heterocycles. The summed E-state index contributed by atoms with van der Waals surface area (Å²) in [4.78, 5) is 38.4. The number of rotatable bonds is 4. The maximum atomic E-state index is 13.0. The number of esters is 1. The fourth-order valence-electron chi connectivity index (χ4n) is 3.68. The number of carbonyl (C=O) groups is 2. The van der Waals surface area contributed by atoms with Crippen molar-refractivity contribution in [3.05, 3.63) is 81.8 Å². The Labute approximate surface area is 167 Å². The fraction of sp³-hybridized carbons (Fsp3) is 0.227. The highest BCUT2D eigenvalue weighted by Crippen LogP contribution is 2.36. The molecule has 1 atom stereocenters. The summed E-state index contributed by atoms with van der Waals surface area (Å²) in [6.07, 6.45) is -0.0120. The van der Waals surface area contributed by atoms with Gasteiger partial charge in [-0.3, -0.25) is 19.5 Å². The minimum atomic E-state index is -0.431. The number of anilines is 1. The van der Waals surface area contributed by atoms with Crippen LogP contribution in [-0.2, 0) is 16.0 Å². The summed E-state index contributed by atoms with van der Waals surface area (Å²) >= 11 is 0. The first kappa shape index (κ1) is 18.7. The number of nitrogens with one attached hydrogen (secondary N) is 1. The molecule has 1 N–H and O–H groups in total. The van der Waals surface area contributed by atoms with Crippen molar-refractivity contribution in [2.24, 2.45) is 0 Å². The lowest BCUT2D eigenvalue weighted by atomic mass is 10.0. The molecule has 7 nitrogen and oxygen atoms in total. The number of hydrogen-bond acceptors (Lipinski definition) is 4. The summed E-state index contributed by atoms with van der Waals surface area (Å²) in [6, 6.07) is 16.1. The maximum Gasteiger partial charge on any atom is 0.311 e. The van der Waals surface area contributed by atoms with Crippen LogP contribution in [0.4, 0.5) is 5.69 Å². The largest absolute Gasteiger partial charge is 0.469 e. The van der Waals surface area contributed by atoms with Crippen molar-refractivity contribution in [1.82, 2.24) is 9.78 Å². The lowest BCUT2D eigenvalue weighted by Gasteiger charge is -2.18. The molecule has 148 valence electrons. The van der Waals surface area contributed by atoms with Crippen molar-refractivity contribution in [3.8, 4) is 5.69 Å². The molecule has 0 aliphatic carbocycles. The van der Waals surface area contributed by atoms with Gasteiger partial charge in [-0.25, -0.2) is 4.68 Å². The van der Waals surface area contributed by atoms with Crippen LogP contribution in [0, 0.1) is 0 Å². The smallest absolute Gasteiger partial charge is 0.311 e. The number of H-pyrrole nitrogens is 1. The first-order chi connectivity index (χ1) is 14.0. The molecule has 1 aliphatic rings. The van der Waals surface area contributed by atoms with Crippen LogP contribution >= 0.6 is 0 Å². The molecular formula is C22H21N3O4. The van der Waals surface area contributed by atoms with Crippen molar-refractivity contribution in [1.29, 1.82) is 0 Å². The van der Waals surface area contributed by atoms with Crippen LogP contribution in [0.25, 0.3) is 5.69 Å². The number of para-hydroxylation sites is 1. The van der Waals surface area contributed by atoms with Crippen LogP contribution in [0.3, 0.4) is 0 Å². The zero-order chi connectivity index (χ0) is 20.5. The van der Waals surface area contributed by atoms with Gasteiger partial charge in [0.25, 0.3) is 11.5 Å². The molecule has 1 amide bonds. The molecule has 2 heterocycles. The fourth-order valence-corrected chi connectivity index (χ4v) is 3.68. The molecule has 7 heteroatoms. The predicted molar refractivity (Wildman–Crippen MR) is 109 cm³/mol. The van der Waals surface area contributed by atoms with Crippen molar-refractivity contribution in [2.75, 3.05) is 18.6 Å². The number of hydrogen-bond donors (Lipinski definition) is 1. The van der Waals surface area contributed by atoms with Gasteiger partial charge >= 0.3 is 5.97 Å². The Kier molecular flexibility index (Phi) is 4.80.